The highest BCUT2D eigenvalue weighted by Crippen LogP contribution is 2.34. The molecule has 0 spiro atoms. The second-order valence-corrected chi connectivity index (χ2v) is 7.28. The van der Waals surface area contributed by atoms with E-state index in [2.05, 4.69) is 14.7 Å². The number of hydrogen-bond acceptors (Lipinski definition) is 6. The van der Waals surface area contributed by atoms with Crippen LogP contribution < -0.4 is 10.3 Å². The molecule has 1 aliphatic carbocycles. The number of ether oxygens (including phenoxy) is 2. The van der Waals surface area contributed by atoms with E-state index in [9.17, 15) is 22.8 Å². The van der Waals surface area contributed by atoms with Gasteiger partial charge in [-0.3, -0.25) is 4.79 Å². The third kappa shape index (κ3) is 3.72. The highest BCUT2D eigenvalue weighted by atomic mass is 32.1. The molecule has 4 rings (SSSR count). The number of aryl methyl sites for hydroxylation is 2. The van der Waals surface area contributed by atoms with Crippen LogP contribution in [0.25, 0.3) is 10.2 Å². The number of alkyl halides is 3. The number of fused-ring (bicyclic) bond motifs is 3. The summed E-state index contributed by atoms with van der Waals surface area (Å²) in [4.78, 5) is 33.2. The number of carbonyl (C=O) groups is 1. The van der Waals surface area contributed by atoms with Crippen molar-refractivity contribution >= 4 is 27.5 Å². The lowest BCUT2D eigenvalue weighted by molar-refractivity contribution is -0.274. The van der Waals surface area contributed by atoms with Gasteiger partial charge in [-0.2, -0.15) is 0 Å². The number of aromatic amines is 1. The SMILES string of the molecule is O=C(OCc1nc2sc3c(c2c(=O)[nH]1)CCC3)c1ccc(OC(F)(F)F)cc1. The molecule has 28 heavy (non-hydrogen) atoms. The van der Waals surface area contributed by atoms with Gasteiger partial charge in [0.15, 0.2) is 0 Å². The average molecular weight is 410 g/mol. The highest BCUT2D eigenvalue weighted by Gasteiger charge is 2.31. The maximum Gasteiger partial charge on any atom is 0.573 e. The van der Waals surface area contributed by atoms with Crippen molar-refractivity contribution in [2.45, 2.75) is 32.2 Å². The van der Waals surface area contributed by atoms with Crippen molar-refractivity contribution in [2.24, 2.45) is 0 Å². The Balaban J connectivity index is 1.45. The summed E-state index contributed by atoms with van der Waals surface area (Å²) in [5.74, 6) is -0.982. The molecule has 0 radical (unpaired) electrons. The average Bonchev–Trinajstić information content (AvgIpc) is 3.19. The molecule has 0 bridgehead atoms. The lowest BCUT2D eigenvalue weighted by atomic mass is 10.2. The van der Waals surface area contributed by atoms with Crippen LogP contribution in [0.1, 0.15) is 33.0 Å². The third-order valence-electron chi connectivity index (χ3n) is 4.29. The van der Waals surface area contributed by atoms with Crippen LogP contribution in [0.2, 0.25) is 0 Å². The van der Waals surface area contributed by atoms with Gasteiger partial charge >= 0.3 is 12.3 Å². The Morgan fingerprint density at radius 1 is 1.21 bits per heavy atom. The lowest BCUT2D eigenvalue weighted by Crippen LogP contribution is -2.17. The maximum atomic E-state index is 12.4. The zero-order valence-electron chi connectivity index (χ0n) is 14.3. The summed E-state index contributed by atoms with van der Waals surface area (Å²) in [6.07, 6.45) is -1.97. The number of benzene rings is 1. The molecule has 2 heterocycles. The molecule has 0 aliphatic heterocycles. The van der Waals surface area contributed by atoms with Crippen molar-refractivity contribution in [1.82, 2.24) is 9.97 Å². The van der Waals surface area contributed by atoms with E-state index >= 15 is 0 Å². The lowest BCUT2D eigenvalue weighted by Gasteiger charge is -2.09. The molecule has 1 N–H and O–H groups in total. The topological polar surface area (TPSA) is 81.3 Å². The molecule has 0 amide bonds. The van der Waals surface area contributed by atoms with Gasteiger partial charge in [0, 0.05) is 4.88 Å². The summed E-state index contributed by atoms with van der Waals surface area (Å²) in [6, 6.07) is 4.35. The number of thiophene rings is 1. The number of rotatable bonds is 4. The number of H-pyrrole nitrogens is 1. The molecule has 0 atom stereocenters. The first-order valence-corrected chi connectivity index (χ1v) is 9.18. The second kappa shape index (κ2) is 6.93. The number of nitrogens with zero attached hydrogens (tertiary/aromatic N) is 1. The molecule has 0 saturated heterocycles. The smallest absolute Gasteiger partial charge is 0.454 e. The van der Waals surface area contributed by atoms with Crippen LogP contribution in [0.4, 0.5) is 13.2 Å². The van der Waals surface area contributed by atoms with E-state index in [1.807, 2.05) is 0 Å². The fourth-order valence-electron chi connectivity index (χ4n) is 3.13. The molecule has 6 nitrogen and oxygen atoms in total. The molecule has 0 unspecified atom stereocenters. The van der Waals surface area contributed by atoms with Crippen molar-refractivity contribution in [3.05, 3.63) is 56.4 Å². The molecular weight excluding hydrogens is 397 g/mol. The first-order valence-electron chi connectivity index (χ1n) is 8.36. The van der Waals surface area contributed by atoms with Gasteiger partial charge in [-0.05, 0) is 49.1 Å². The van der Waals surface area contributed by atoms with Crippen molar-refractivity contribution in [3.63, 3.8) is 0 Å². The minimum atomic E-state index is -4.81. The van der Waals surface area contributed by atoms with Gasteiger partial charge in [-0.15, -0.1) is 24.5 Å². The summed E-state index contributed by atoms with van der Waals surface area (Å²) in [5, 5.41) is 0.604. The Labute approximate surface area is 159 Å². The quantitative estimate of drug-likeness (QED) is 0.663. The van der Waals surface area contributed by atoms with Crippen LogP contribution in [-0.4, -0.2) is 22.3 Å². The molecule has 1 aromatic carbocycles. The predicted molar refractivity (Wildman–Crippen MR) is 94.5 cm³/mol. The Morgan fingerprint density at radius 3 is 2.68 bits per heavy atom. The van der Waals surface area contributed by atoms with E-state index in [0.717, 1.165) is 49.1 Å². The van der Waals surface area contributed by atoms with E-state index in [1.54, 1.807) is 0 Å². The maximum absolute atomic E-state index is 12.4. The first kappa shape index (κ1) is 18.5. The Kier molecular flexibility index (Phi) is 4.58. The number of esters is 1. The Morgan fingerprint density at radius 2 is 1.96 bits per heavy atom. The number of carbonyl (C=O) groups excluding carboxylic acids is 1. The summed E-state index contributed by atoms with van der Waals surface area (Å²) < 4.78 is 45.3. The molecule has 10 heteroatoms. The van der Waals surface area contributed by atoms with Gasteiger partial charge in [0.1, 0.15) is 23.0 Å². The van der Waals surface area contributed by atoms with Crippen LogP contribution in [0, 0.1) is 0 Å². The highest BCUT2D eigenvalue weighted by molar-refractivity contribution is 7.18. The van der Waals surface area contributed by atoms with E-state index in [1.165, 1.54) is 16.2 Å². The van der Waals surface area contributed by atoms with Crippen LogP contribution in [0.3, 0.4) is 0 Å². The molecular formula is C18H13F3N2O4S. The van der Waals surface area contributed by atoms with E-state index in [0.29, 0.717) is 10.2 Å². The van der Waals surface area contributed by atoms with Crippen molar-refractivity contribution in [3.8, 4) is 5.75 Å². The number of hydrogen-bond donors (Lipinski definition) is 1. The van der Waals surface area contributed by atoms with Crippen LogP contribution in [-0.2, 0) is 24.2 Å². The molecule has 146 valence electrons. The normalized spacial score (nSPS) is 13.5. The van der Waals surface area contributed by atoms with Crippen LogP contribution in [0.5, 0.6) is 5.75 Å². The van der Waals surface area contributed by atoms with Crippen molar-refractivity contribution < 1.29 is 27.4 Å². The van der Waals surface area contributed by atoms with Gasteiger partial charge in [0.25, 0.3) is 5.56 Å². The third-order valence-corrected chi connectivity index (χ3v) is 5.47. The summed E-state index contributed by atoms with van der Waals surface area (Å²) >= 11 is 1.47. The number of aromatic nitrogens is 2. The van der Waals surface area contributed by atoms with Crippen molar-refractivity contribution in [1.29, 1.82) is 0 Å². The minimum Gasteiger partial charge on any atom is -0.454 e. The Bertz CT molecular complexity index is 1100. The van der Waals surface area contributed by atoms with Crippen LogP contribution >= 0.6 is 11.3 Å². The van der Waals surface area contributed by atoms with Gasteiger partial charge < -0.3 is 14.5 Å². The van der Waals surface area contributed by atoms with Crippen LogP contribution in [0.15, 0.2) is 29.1 Å². The zero-order valence-corrected chi connectivity index (χ0v) is 15.1. The molecule has 1 aliphatic rings. The first-order chi connectivity index (χ1) is 13.3. The molecule has 0 saturated carbocycles. The second-order valence-electron chi connectivity index (χ2n) is 6.20. The fourth-order valence-corrected chi connectivity index (χ4v) is 4.41. The van der Waals surface area contributed by atoms with E-state index < -0.39 is 18.1 Å². The monoisotopic (exact) mass is 410 g/mol. The standard InChI is InChI=1S/C18H13F3N2O4S/c19-18(20,21)27-10-6-4-9(5-7-10)17(25)26-8-13-22-15(24)14-11-2-1-3-12(11)28-16(14)23-13/h4-7H,1-3,8H2,(H,22,23,24). The Hall–Kier alpha value is -2.88. The van der Waals surface area contributed by atoms with Crippen molar-refractivity contribution in [2.75, 3.05) is 0 Å². The summed E-state index contributed by atoms with van der Waals surface area (Å²) in [6.45, 7) is -0.257. The molecule has 3 aromatic rings. The summed E-state index contributed by atoms with van der Waals surface area (Å²) in [7, 11) is 0. The zero-order chi connectivity index (χ0) is 19.9. The van der Waals surface area contributed by atoms with Gasteiger partial charge in [0.2, 0.25) is 0 Å². The van der Waals surface area contributed by atoms with Gasteiger partial charge in [-0.25, -0.2) is 9.78 Å². The summed E-state index contributed by atoms with van der Waals surface area (Å²) in [5.41, 5.74) is 0.843. The minimum absolute atomic E-state index is 0.0491. The predicted octanol–water partition coefficient (Wildman–Crippen LogP) is 3.73. The van der Waals surface area contributed by atoms with E-state index in [4.69, 9.17) is 4.74 Å². The van der Waals surface area contributed by atoms with Gasteiger partial charge in [0.05, 0.1) is 10.9 Å². The molecule has 2 aromatic heterocycles. The fraction of sp³-hybridized carbons (Fsp3) is 0.278. The van der Waals surface area contributed by atoms with E-state index in [-0.39, 0.29) is 23.6 Å². The van der Waals surface area contributed by atoms with Gasteiger partial charge in [-0.1, -0.05) is 0 Å². The largest absolute Gasteiger partial charge is 0.573 e. The number of nitrogens with one attached hydrogen (secondary N) is 1. The molecule has 0 fully saturated rings. The number of halogens is 3.